The quantitative estimate of drug-likeness (QED) is 0.390. The van der Waals surface area contributed by atoms with Crippen LogP contribution in [0.4, 0.5) is 4.39 Å². The maximum absolute atomic E-state index is 15.3. The molecule has 2 aromatic carbocycles. The second kappa shape index (κ2) is 7.92. The van der Waals surface area contributed by atoms with Gasteiger partial charge in [-0.1, -0.05) is 19.1 Å². The fourth-order valence-corrected chi connectivity index (χ4v) is 6.99. The maximum Gasteiger partial charge on any atom is 0.198 e. The van der Waals surface area contributed by atoms with Crippen molar-refractivity contribution in [3.05, 3.63) is 57.1 Å². The SMILES string of the molecule is COc1cccc2c1C(=O)c1c(c(O)c3c4c1C1(C)CC(O[C@H]4C[C@](O)(C(C)=O)C3)C(F)C(O)C1N)C2=O. The number of carbonyl (C=O) groups excluding carboxylic acids is 3. The lowest BCUT2D eigenvalue weighted by molar-refractivity contribution is -0.154. The number of ether oxygens (including phenoxy) is 2. The zero-order valence-corrected chi connectivity index (χ0v) is 21.1. The van der Waals surface area contributed by atoms with E-state index in [-0.39, 0.29) is 58.4 Å². The second-order valence-electron chi connectivity index (χ2n) is 11.1. The van der Waals surface area contributed by atoms with E-state index in [0.29, 0.717) is 5.56 Å². The molecule has 9 nitrogen and oxygen atoms in total. The summed E-state index contributed by atoms with van der Waals surface area (Å²) in [4.78, 5) is 40.6. The summed E-state index contributed by atoms with van der Waals surface area (Å²) in [6.07, 6.45) is -6.44. The molecular weight excluding hydrogens is 497 g/mol. The Kier molecular flexibility index (Phi) is 5.24. The van der Waals surface area contributed by atoms with Gasteiger partial charge in [-0.05, 0) is 30.5 Å². The number of alkyl halides is 1. The number of nitrogens with two attached hydrogens (primary N) is 1. The molecule has 10 heteroatoms. The molecule has 0 radical (unpaired) electrons. The fourth-order valence-electron chi connectivity index (χ4n) is 6.99. The number of ketones is 3. The molecule has 3 aliphatic carbocycles. The van der Waals surface area contributed by atoms with E-state index in [0.717, 1.165) is 0 Å². The van der Waals surface area contributed by atoms with Gasteiger partial charge in [0.25, 0.3) is 0 Å². The van der Waals surface area contributed by atoms with Gasteiger partial charge in [-0.3, -0.25) is 14.4 Å². The van der Waals surface area contributed by atoms with E-state index in [1.807, 2.05) is 0 Å². The number of fused-ring (bicyclic) bond motifs is 6. The first-order chi connectivity index (χ1) is 17.9. The Hall–Kier alpha value is -3.18. The molecule has 1 aliphatic heterocycles. The van der Waals surface area contributed by atoms with E-state index in [9.17, 15) is 29.7 Å². The number of hydrogen-bond acceptors (Lipinski definition) is 9. The van der Waals surface area contributed by atoms with E-state index in [4.69, 9.17) is 15.2 Å². The minimum absolute atomic E-state index is 0.0225. The molecule has 0 amide bonds. The molecule has 6 rings (SSSR count). The number of aliphatic hydroxyl groups excluding tert-OH is 1. The molecule has 2 bridgehead atoms. The van der Waals surface area contributed by atoms with Crippen LogP contribution in [0.25, 0.3) is 0 Å². The lowest BCUT2D eigenvalue weighted by atomic mass is 9.59. The van der Waals surface area contributed by atoms with E-state index >= 15 is 4.39 Å². The van der Waals surface area contributed by atoms with Crippen LogP contribution in [-0.2, 0) is 21.4 Å². The Morgan fingerprint density at radius 1 is 1.18 bits per heavy atom. The van der Waals surface area contributed by atoms with E-state index in [2.05, 4.69) is 0 Å². The summed E-state index contributed by atoms with van der Waals surface area (Å²) in [7, 11) is 1.37. The van der Waals surface area contributed by atoms with Crippen molar-refractivity contribution in [2.75, 3.05) is 7.11 Å². The predicted molar refractivity (Wildman–Crippen MR) is 130 cm³/mol. The van der Waals surface area contributed by atoms with Crippen molar-refractivity contribution in [2.45, 2.75) is 74.7 Å². The molecule has 4 aliphatic rings. The number of hydrogen-bond donors (Lipinski definition) is 4. The Bertz CT molecular complexity index is 1460. The van der Waals surface area contributed by atoms with Crippen LogP contribution in [0, 0.1) is 0 Å². The highest BCUT2D eigenvalue weighted by Gasteiger charge is 2.59. The van der Waals surface area contributed by atoms with Crippen molar-refractivity contribution in [1.82, 2.24) is 0 Å². The minimum Gasteiger partial charge on any atom is -0.507 e. The fraction of sp³-hybridized carbons (Fsp3) is 0.464. The number of benzene rings is 2. The number of aromatic hydroxyl groups is 1. The summed E-state index contributed by atoms with van der Waals surface area (Å²) in [6.45, 7) is 2.88. The number of Topliss-reactive ketones (excluding diaryl/α,β-unsaturated/α-hetero) is 1. The summed E-state index contributed by atoms with van der Waals surface area (Å²) in [6, 6.07) is 3.37. The van der Waals surface area contributed by atoms with Crippen LogP contribution in [0.15, 0.2) is 18.2 Å². The van der Waals surface area contributed by atoms with Gasteiger partial charge in [0.2, 0.25) is 0 Å². The first-order valence-corrected chi connectivity index (χ1v) is 12.5. The Morgan fingerprint density at radius 2 is 1.89 bits per heavy atom. The largest absolute Gasteiger partial charge is 0.507 e. The Morgan fingerprint density at radius 3 is 2.55 bits per heavy atom. The smallest absolute Gasteiger partial charge is 0.198 e. The second-order valence-corrected chi connectivity index (χ2v) is 11.1. The third-order valence-electron chi connectivity index (χ3n) is 9.08. The Balaban J connectivity index is 1.75. The summed E-state index contributed by atoms with van der Waals surface area (Å²) < 4.78 is 26.8. The van der Waals surface area contributed by atoms with Crippen molar-refractivity contribution in [2.24, 2.45) is 5.73 Å². The van der Waals surface area contributed by atoms with Crippen molar-refractivity contribution in [1.29, 1.82) is 0 Å². The highest BCUT2D eigenvalue weighted by atomic mass is 19.1. The third-order valence-corrected chi connectivity index (χ3v) is 9.08. The average molecular weight is 526 g/mol. The number of aliphatic hydroxyl groups is 2. The van der Waals surface area contributed by atoms with Gasteiger partial charge in [0.05, 0.1) is 30.4 Å². The predicted octanol–water partition coefficient (Wildman–Crippen LogP) is 1.57. The number of halogens is 1. The van der Waals surface area contributed by atoms with Crippen molar-refractivity contribution in [3.63, 3.8) is 0 Å². The number of methoxy groups -OCH3 is 1. The van der Waals surface area contributed by atoms with E-state index < -0.39 is 64.6 Å². The van der Waals surface area contributed by atoms with Gasteiger partial charge in [-0.2, -0.15) is 0 Å². The zero-order chi connectivity index (χ0) is 27.5. The van der Waals surface area contributed by atoms with Crippen LogP contribution >= 0.6 is 0 Å². The third kappa shape index (κ3) is 2.97. The highest BCUT2D eigenvalue weighted by molar-refractivity contribution is 6.31. The first-order valence-electron chi connectivity index (χ1n) is 12.5. The van der Waals surface area contributed by atoms with Crippen LogP contribution in [0.1, 0.15) is 81.3 Å². The molecule has 1 saturated carbocycles. The molecule has 5 unspecified atom stereocenters. The zero-order valence-electron chi connectivity index (χ0n) is 21.1. The normalized spacial score (nSPS) is 35.1. The van der Waals surface area contributed by atoms with Crippen molar-refractivity contribution >= 4 is 17.3 Å². The molecule has 0 aromatic heterocycles. The lowest BCUT2D eigenvalue weighted by Gasteiger charge is -2.47. The molecule has 5 N–H and O–H groups in total. The van der Waals surface area contributed by atoms with E-state index in [1.54, 1.807) is 19.1 Å². The number of phenols is 1. The molecule has 1 heterocycles. The van der Waals surface area contributed by atoms with Crippen LogP contribution in [0.3, 0.4) is 0 Å². The van der Waals surface area contributed by atoms with Gasteiger partial charge >= 0.3 is 0 Å². The molecule has 7 atom stereocenters. The monoisotopic (exact) mass is 525 g/mol. The molecule has 0 saturated heterocycles. The minimum atomic E-state index is -1.96. The van der Waals surface area contributed by atoms with Crippen molar-refractivity contribution in [3.8, 4) is 11.5 Å². The highest BCUT2D eigenvalue weighted by Crippen LogP contribution is 2.57. The molecular formula is C28H28FNO8. The van der Waals surface area contributed by atoms with Crippen LogP contribution < -0.4 is 10.5 Å². The van der Waals surface area contributed by atoms with Crippen LogP contribution in [-0.4, -0.2) is 69.8 Å². The van der Waals surface area contributed by atoms with Crippen LogP contribution in [0.5, 0.6) is 11.5 Å². The molecule has 0 spiro atoms. The van der Waals surface area contributed by atoms with Crippen LogP contribution in [0.2, 0.25) is 0 Å². The molecule has 2 aromatic rings. The molecule has 38 heavy (non-hydrogen) atoms. The lowest BCUT2D eigenvalue weighted by Crippen LogP contribution is -2.62. The van der Waals surface area contributed by atoms with Crippen molar-refractivity contribution < 1.29 is 43.6 Å². The standard InChI is InChI=1S/C28H28FNO8/c1-10(31)28(36)7-12-16-14(9-28)38-15-8-27(2,26(30)25(35)21(15)29)20(16)18-19(23(12)33)22(32)11-5-4-6-13(37-3)17(11)24(18)34/h4-6,14-15,21,25-26,33,35-36H,7-9,30H2,1-3H3/t14-,15?,21?,25?,26?,27?,28-/m0/s1. The summed E-state index contributed by atoms with van der Waals surface area (Å²) in [5.41, 5.74) is 3.56. The number of carbonyl (C=O) groups is 3. The average Bonchev–Trinajstić information content (AvgIpc) is 3.00. The van der Waals surface area contributed by atoms with Gasteiger partial charge in [-0.15, -0.1) is 0 Å². The van der Waals surface area contributed by atoms with Gasteiger partial charge < -0.3 is 30.5 Å². The molecule has 1 fully saturated rings. The topological polar surface area (TPSA) is 156 Å². The molecule has 200 valence electrons. The Labute approximate surface area is 217 Å². The summed E-state index contributed by atoms with van der Waals surface area (Å²) in [5, 5.41) is 33.6. The van der Waals surface area contributed by atoms with E-state index in [1.165, 1.54) is 20.1 Å². The summed E-state index contributed by atoms with van der Waals surface area (Å²) >= 11 is 0. The van der Waals surface area contributed by atoms with Gasteiger partial charge in [-0.25, -0.2) is 4.39 Å². The number of rotatable bonds is 2. The number of phenolic OH excluding ortho intramolecular Hbond substituents is 1. The summed E-state index contributed by atoms with van der Waals surface area (Å²) in [5.74, 6) is -2.19. The van der Waals surface area contributed by atoms with Gasteiger partial charge in [0, 0.05) is 41.0 Å². The van der Waals surface area contributed by atoms with Gasteiger partial charge in [0.1, 0.15) is 23.2 Å². The first kappa shape index (κ1) is 25.1. The van der Waals surface area contributed by atoms with Gasteiger partial charge in [0.15, 0.2) is 23.5 Å². The maximum atomic E-state index is 15.3.